The SMILES string of the molecule is COc1ccccc1C(C(C(=O)C(C)(C)C)n1cncn1)N1CCOCC1. The molecule has 0 N–H and O–H groups in total. The summed E-state index contributed by atoms with van der Waals surface area (Å²) in [5.74, 6) is 0.871. The predicted molar refractivity (Wildman–Crippen MR) is 102 cm³/mol. The zero-order valence-electron chi connectivity index (χ0n) is 16.5. The van der Waals surface area contributed by atoms with Crippen molar-refractivity contribution in [3.05, 3.63) is 42.5 Å². The van der Waals surface area contributed by atoms with E-state index in [4.69, 9.17) is 9.47 Å². The van der Waals surface area contributed by atoms with E-state index in [1.807, 2.05) is 45.0 Å². The highest BCUT2D eigenvalue weighted by Crippen LogP contribution is 2.40. The van der Waals surface area contributed by atoms with Gasteiger partial charge in [-0.25, -0.2) is 9.67 Å². The molecule has 1 fully saturated rings. The molecule has 0 aliphatic carbocycles. The molecule has 0 spiro atoms. The maximum Gasteiger partial charge on any atom is 0.164 e. The lowest BCUT2D eigenvalue weighted by atomic mass is 9.81. The molecule has 1 aliphatic heterocycles. The van der Waals surface area contributed by atoms with E-state index < -0.39 is 11.5 Å². The lowest BCUT2D eigenvalue weighted by Crippen LogP contribution is -2.46. The monoisotopic (exact) mass is 372 g/mol. The number of ether oxygens (including phenoxy) is 2. The van der Waals surface area contributed by atoms with Gasteiger partial charge in [0.05, 0.1) is 26.4 Å². The van der Waals surface area contributed by atoms with Crippen LogP contribution in [0.5, 0.6) is 5.75 Å². The molecule has 1 saturated heterocycles. The second kappa shape index (κ2) is 8.19. The molecule has 2 atom stereocenters. The Labute approximate surface area is 160 Å². The quantitative estimate of drug-likeness (QED) is 0.776. The van der Waals surface area contributed by atoms with E-state index in [-0.39, 0.29) is 11.8 Å². The van der Waals surface area contributed by atoms with Crippen molar-refractivity contribution in [3.63, 3.8) is 0 Å². The number of methoxy groups -OCH3 is 1. The molecule has 0 saturated carbocycles. The fourth-order valence-electron chi connectivity index (χ4n) is 3.55. The molecule has 0 radical (unpaired) electrons. The molecule has 0 bridgehead atoms. The number of Topliss-reactive ketones (excluding diaryl/α,β-unsaturated/α-hetero) is 1. The molecular formula is C20H28N4O3. The summed E-state index contributed by atoms with van der Waals surface area (Å²) in [6.07, 6.45) is 3.10. The van der Waals surface area contributed by atoms with Crippen LogP contribution in [0.15, 0.2) is 36.9 Å². The van der Waals surface area contributed by atoms with Crippen LogP contribution >= 0.6 is 0 Å². The van der Waals surface area contributed by atoms with Gasteiger partial charge in [0, 0.05) is 24.1 Å². The molecule has 1 aromatic carbocycles. The number of hydrogen-bond donors (Lipinski definition) is 0. The van der Waals surface area contributed by atoms with E-state index in [2.05, 4.69) is 15.0 Å². The van der Waals surface area contributed by atoms with Crippen molar-refractivity contribution in [2.24, 2.45) is 5.41 Å². The number of aromatic nitrogens is 3. The number of rotatable bonds is 6. The lowest BCUT2D eigenvalue weighted by Gasteiger charge is -2.40. The van der Waals surface area contributed by atoms with E-state index in [9.17, 15) is 4.79 Å². The Morgan fingerprint density at radius 1 is 1.22 bits per heavy atom. The smallest absolute Gasteiger partial charge is 0.164 e. The fraction of sp³-hybridized carbons (Fsp3) is 0.550. The third kappa shape index (κ3) is 4.20. The van der Waals surface area contributed by atoms with Crippen molar-refractivity contribution in [1.82, 2.24) is 19.7 Å². The van der Waals surface area contributed by atoms with Crippen LogP contribution in [0.4, 0.5) is 0 Å². The maximum absolute atomic E-state index is 13.5. The minimum absolute atomic E-state index is 0.107. The van der Waals surface area contributed by atoms with Crippen molar-refractivity contribution in [1.29, 1.82) is 0 Å². The Kier molecular flexibility index (Phi) is 5.92. The predicted octanol–water partition coefficient (Wildman–Crippen LogP) is 2.52. The molecular weight excluding hydrogens is 344 g/mol. The van der Waals surface area contributed by atoms with E-state index in [1.165, 1.54) is 6.33 Å². The van der Waals surface area contributed by atoms with E-state index >= 15 is 0 Å². The maximum atomic E-state index is 13.5. The zero-order chi connectivity index (χ0) is 19.4. The van der Waals surface area contributed by atoms with Gasteiger partial charge < -0.3 is 9.47 Å². The summed E-state index contributed by atoms with van der Waals surface area (Å²) in [5.41, 5.74) is 0.448. The topological polar surface area (TPSA) is 69.5 Å². The standard InChI is InChI=1S/C20H28N4O3/c1-20(2,3)19(25)18(24-14-21-13-22-24)17(23-9-11-27-12-10-23)15-7-5-6-8-16(15)26-4/h5-8,13-14,17-18H,9-12H2,1-4H3. The summed E-state index contributed by atoms with van der Waals surface area (Å²) >= 11 is 0. The third-order valence-corrected chi connectivity index (χ3v) is 4.93. The first-order chi connectivity index (χ1) is 12.9. The van der Waals surface area contributed by atoms with Gasteiger partial charge in [-0.15, -0.1) is 0 Å². The van der Waals surface area contributed by atoms with Crippen LogP contribution in [0, 0.1) is 5.41 Å². The largest absolute Gasteiger partial charge is 0.496 e. The number of benzene rings is 1. The Morgan fingerprint density at radius 3 is 2.52 bits per heavy atom. The van der Waals surface area contributed by atoms with Crippen LogP contribution in [0.1, 0.15) is 38.4 Å². The Morgan fingerprint density at radius 2 is 1.93 bits per heavy atom. The number of para-hydroxylation sites is 1. The number of hydrogen-bond acceptors (Lipinski definition) is 6. The Balaban J connectivity index is 2.14. The minimum atomic E-state index is -0.525. The van der Waals surface area contributed by atoms with Gasteiger partial charge in [-0.2, -0.15) is 5.10 Å². The van der Waals surface area contributed by atoms with Crippen LogP contribution in [-0.2, 0) is 9.53 Å². The highest BCUT2D eigenvalue weighted by atomic mass is 16.5. The summed E-state index contributed by atoms with van der Waals surface area (Å²) in [6, 6.07) is 7.14. The molecule has 1 aliphatic rings. The second-order valence-electron chi connectivity index (χ2n) is 7.77. The van der Waals surface area contributed by atoms with Crippen molar-refractivity contribution in [2.75, 3.05) is 33.4 Å². The molecule has 7 nitrogen and oxygen atoms in total. The van der Waals surface area contributed by atoms with Gasteiger partial charge in [-0.05, 0) is 6.07 Å². The Bertz CT molecular complexity index is 749. The van der Waals surface area contributed by atoms with Crippen LogP contribution < -0.4 is 4.74 Å². The van der Waals surface area contributed by atoms with Gasteiger partial charge in [-0.3, -0.25) is 9.69 Å². The number of morpholine rings is 1. The van der Waals surface area contributed by atoms with Gasteiger partial charge >= 0.3 is 0 Å². The van der Waals surface area contributed by atoms with E-state index in [1.54, 1.807) is 18.1 Å². The van der Waals surface area contributed by atoms with Gasteiger partial charge in [0.2, 0.25) is 0 Å². The highest BCUT2D eigenvalue weighted by Gasteiger charge is 2.42. The first-order valence-electron chi connectivity index (χ1n) is 9.26. The summed E-state index contributed by atoms with van der Waals surface area (Å²) in [6.45, 7) is 8.59. The molecule has 1 aromatic heterocycles. The zero-order valence-corrected chi connectivity index (χ0v) is 16.5. The van der Waals surface area contributed by atoms with Gasteiger partial charge in [0.1, 0.15) is 24.4 Å². The summed E-state index contributed by atoms with van der Waals surface area (Å²) < 4.78 is 12.9. The molecule has 2 unspecified atom stereocenters. The van der Waals surface area contributed by atoms with Crippen LogP contribution in [0.25, 0.3) is 0 Å². The minimum Gasteiger partial charge on any atom is -0.496 e. The molecule has 27 heavy (non-hydrogen) atoms. The van der Waals surface area contributed by atoms with Crippen molar-refractivity contribution in [2.45, 2.75) is 32.9 Å². The summed E-state index contributed by atoms with van der Waals surface area (Å²) in [5, 5.41) is 4.33. The number of carbonyl (C=O) groups is 1. The second-order valence-corrected chi connectivity index (χ2v) is 7.77. The molecule has 3 rings (SSSR count). The highest BCUT2D eigenvalue weighted by molar-refractivity contribution is 5.88. The van der Waals surface area contributed by atoms with Crippen molar-refractivity contribution >= 4 is 5.78 Å². The van der Waals surface area contributed by atoms with Crippen LogP contribution in [0.3, 0.4) is 0 Å². The van der Waals surface area contributed by atoms with Crippen molar-refractivity contribution in [3.8, 4) is 5.75 Å². The lowest BCUT2D eigenvalue weighted by molar-refractivity contribution is -0.133. The van der Waals surface area contributed by atoms with E-state index in [0.717, 1.165) is 24.4 Å². The Hall–Kier alpha value is -2.25. The molecule has 146 valence electrons. The van der Waals surface area contributed by atoms with Gasteiger partial charge in [0.15, 0.2) is 5.78 Å². The number of nitrogens with zero attached hydrogens (tertiary/aromatic N) is 4. The molecule has 7 heteroatoms. The van der Waals surface area contributed by atoms with Crippen molar-refractivity contribution < 1.29 is 14.3 Å². The summed E-state index contributed by atoms with van der Waals surface area (Å²) in [4.78, 5) is 19.9. The third-order valence-electron chi connectivity index (χ3n) is 4.93. The average molecular weight is 372 g/mol. The van der Waals surface area contributed by atoms with Crippen LogP contribution in [0.2, 0.25) is 0 Å². The van der Waals surface area contributed by atoms with Crippen LogP contribution in [-0.4, -0.2) is 58.9 Å². The summed E-state index contributed by atoms with van der Waals surface area (Å²) in [7, 11) is 1.66. The fourth-order valence-corrected chi connectivity index (χ4v) is 3.55. The normalized spacial score (nSPS) is 18.1. The first kappa shape index (κ1) is 19.5. The molecule has 2 aromatic rings. The average Bonchev–Trinajstić information content (AvgIpc) is 3.19. The van der Waals surface area contributed by atoms with Gasteiger partial charge in [-0.1, -0.05) is 39.0 Å². The first-order valence-corrected chi connectivity index (χ1v) is 9.26. The molecule has 0 amide bonds. The number of ketones is 1. The van der Waals surface area contributed by atoms with Gasteiger partial charge in [0.25, 0.3) is 0 Å². The molecule has 2 heterocycles. The van der Waals surface area contributed by atoms with E-state index in [0.29, 0.717) is 13.2 Å². The number of carbonyl (C=O) groups excluding carboxylic acids is 1.